The molecular formula is C18H26N2O3. The molecule has 5 heteroatoms. The second-order valence-corrected chi connectivity index (χ2v) is 6.54. The number of rotatable bonds is 5. The first-order chi connectivity index (χ1) is 10.9. The molecule has 1 aliphatic rings. The molecule has 2 amide bonds. The van der Waals surface area contributed by atoms with E-state index in [9.17, 15) is 14.7 Å². The number of amides is 2. The molecule has 1 aromatic rings. The Bertz CT molecular complexity index is 578. The maximum absolute atomic E-state index is 12.5. The van der Waals surface area contributed by atoms with Gasteiger partial charge in [0.15, 0.2) is 0 Å². The zero-order valence-electron chi connectivity index (χ0n) is 14.1. The van der Waals surface area contributed by atoms with Gasteiger partial charge < -0.3 is 15.3 Å². The summed E-state index contributed by atoms with van der Waals surface area (Å²) in [6.07, 6.45) is 1.49. The Morgan fingerprint density at radius 1 is 1.26 bits per heavy atom. The number of hydrogen-bond acceptors (Lipinski definition) is 3. The number of aliphatic hydroxyl groups excluding tert-OH is 1. The minimum atomic E-state index is -0.662. The summed E-state index contributed by atoms with van der Waals surface area (Å²) >= 11 is 0. The third-order valence-corrected chi connectivity index (χ3v) is 4.40. The lowest BCUT2D eigenvalue weighted by atomic mass is 10.0. The second-order valence-electron chi connectivity index (χ2n) is 6.54. The molecule has 0 bridgehead atoms. The summed E-state index contributed by atoms with van der Waals surface area (Å²) in [4.78, 5) is 26.5. The van der Waals surface area contributed by atoms with Crippen LogP contribution in [0.15, 0.2) is 18.2 Å². The average molecular weight is 318 g/mol. The highest BCUT2D eigenvalue weighted by atomic mass is 16.3. The fourth-order valence-corrected chi connectivity index (χ4v) is 2.72. The molecule has 1 aliphatic heterocycles. The molecule has 1 atom stereocenters. The number of aliphatic hydroxyl groups is 1. The van der Waals surface area contributed by atoms with Gasteiger partial charge in [0.1, 0.15) is 0 Å². The zero-order valence-corrected chi connectivity index (χ0v) is 14.1. The first kappa shape index (κ1) is 17.5. The Balaban J connectivity index is 2.10. The molecule has 1 heterocycles. The summed E-state index contributed by atoms with van der Waals surface area (Å²) in [6, 6.07) is 5.37. The van der Waals surface area contributed by atoms with E-state index >= 15 is 0 Å². The van der Waals surface area contributed by atoms with Gasteiger partial charge in [0.05, 0.1) is 12.5 Å². The molecule has 0 spiro atoms. The van der Waals surface area contributed by atoms with Gasteiger partial charge in [0.2, 0.25) is 5.91 Å². The number of carbonyl (C=O) groups is 2. The maximum atomic E-state index is 12.5. The van der Waals surface area contributed by atoms with Crippen molar-refractivity contribution >= 4 is 17.5 Å². The first-order valence-corrected chi connectivity index (χ1v) is 8.27. The van der Waals surface area contributed by atoms with Crippen molar-refractivity contribution in [3.63, 3.8) is 0 Å². The van der Waals surface area contributed by atoms with Crippen molar-refractivity contribution in [1.29, 1.82) is 0 Å². The summed E-state index contributed by atoms with van der Waals surface area (Å²) in [7, 11) is 0. The van der Waals surface area contributed by atoms with Crippen LogP contribution in [0, 0.1) is 12.8 Å². The third-order valence-electron chi connectivity index (χ3n) is 4.40. The van der Waals surface area contributed by atoms with Gasteiger partial charge in [-0.1, -0.05) is 19.9 Å². The monoisotopic (exact) mass is 318 g/mol. The molecule has 0 aliphatic carbocycles. The fourth-order valence-electron chi connectivity index (χ4n) is 2.72. The average Bonchev–Trinajstić information content (AvgIpc) is 3.02. The van der Waals surface area contributed by atoms with Gasteiger partial charge in [-0.05, 0) is 43.4 Å². The van der Waals surface area contributed by atoms with Crippen LogP contribution in [0.2, 0.25) is 0 Å². The largest absolute Gasteiger partial charge is 0.392 e. The smallest absolute Gasteiger partial charge is 0.254 e. The summed E-state index contributed by atoms with van der Waals surface area (Å²) in [5, 5.41) is 12.6. The van der Waals surface area contributed by atoms with Crippen molar-refractivity contribution in [2.24, 2.45) is 5.92 Å². The van der Waals surface area contributed by atoms with Crippen LogP contribution in [0.4, 0.5) is 5.69 Å². The Kier molecular flexibility index (Phi) is 5.77. The Hall–Kier alpha value is -1.88. The van der Waals surface area contributed by atoms with Gasteiger partial charge in [-0.3, -0.25) is 9.59 Å². The highest BCUT2D eigenvalue weighted by Gasteiger charge is 2.22. The van der Waals surface area contributed by atoms with Gasteiger partial charge in [-0.25, -0.2) is 0 Å². The van der Waals surface area contributed by atoms with E-state index in [0.29, 0.717) is 11.3 Å². The predicted octanol–water partition coefficient (Wildman–Crippen LogP) is 2.58. The highest BCUT2D eigenvalue weighted by molar-refractivity contribution is 5.99. The van der Waals surface area contributed by atoms with E-state index in [1.54, 1.807) is 18.2 Å². The summed E-state index contributed by atoms with van der Waals surface area (Å²) < 4.78 is 0. The minimum Gasteiger partial charge on any atom is -0.392 e. The number of nitrogens with zero attached hydrogens (tertiary/aromatic N) is 1. The molecule has 0 saturated carbocycles. The van der Waals surface area contributed by atoms with Crippen molar-refractivity contribution in [2.75, 3.05) is 18.4 Å². The van der Waals surface area contributed by atoms with E-state index in [1.807, 2.05) is 25.7 Å². The van der Waals surface area contributed by atoms with Gasteiger partial charge in [0, 0.05) is 24.3 Å². The van der Waals surface area contributed by atoms with E-state index in [0.717, 1.165) is 31.5 Å². The Labute approximate surface area is 137 Å². The fraction of sp³-hybridized carbons (Fsp3) is 0.556. The summed E-state index contributed by atoms with van der Waals surface area (Å²) in [5.74, 6) is -0.177. The van der Waals surface area contributed by atoms with E-state index in [-0.39, 0.29) is 24.2 Å². The lowest BCUT2D eigenvalue weighted by molar-refractivity contribution is -0.118. The van der Waals surface area contributed by atoms with Crippen LogP contribution in [0.3, 0.4) is 0 Å². The van der Waals surface area contributed by atoms with E-state index in [1.165, 1.54) is 0 Å². The van der Waals surface area contributed by atoms with Crippen LogP contribution in [-0.4, -0.2) is 41.0 Å². The SMILES string of the molecule is Cc1c(NC(=O)CC(O)C(C)C)cccc1C(=O)N1CCCC1. The third kappa shape index (κ3) is 4.32. The molecule has 1 fully saturated rings. The molecule has 1 saturated heterocycles. The Morgan fingerprint density at radius 3 is 2.52 bits per heavy atom. The van der Waals surface area contributed by atoms with Gasteiger partial charge >= 0.3 is 0 Å². The van der Waals surface area contributed by atoms with Crippen LogP contribution < -0.4 is 5.32 Å². The van der Waals surface area contributed by atoms with Crippen molar-refractivity contribution in [3.8, 4) is 0 Å². The van der Waals surface area contributed by atoms with E-state index < -0.39 is 6.10 Å². The summed E-state index contributed by atoms with van der Waals surface area (Å²) in [5.41, 5.74) is 2.04. The maximum Gasteiger partial charge on any atom is 0.254 e. The quantitative estimate of drug-likeness (QED) is 0.876. The van der Waals surface area contributed by atoms with Crippen LogP contribution in [0.5, 0.6) is 0 Å². The molecule has 23 heavy (non-hydrogen) atoms. The number of likely N-dealkylation sites (tertiary alicyclic amines) is 1. The van der Waals surface area contributed by atoms with E-state index in [2.05, 4.69) is 5.32 Å². The molecule has 0 aromatic heterocycles. The molecular weight excluding hydrogens is 292 g/mol. The lowest BCUT2D eigenvalue weighted by Gasteiger charge is -2.19. The highest BCUT2D eigenvalue weighted by Crippen LogP contribution is 2.22. The molecule has 5 nitrogen and oxygen atoms in total. The molecule has 1 unspecified atom stereocenters. The molecule has 126 valence electrons. The minimum absolute atomic E-state index is 0.0262. The first-order valence-electron chi connectivity index (χ1n) is 8.27. The normalized spacial score (nSPS) is 15.8. The van der Waals surface area contributed by atoms with Crippen molar-refractivity contribution < 1.29 is 14.7 Å². The van der Waals surface area contributed by atoms with Gasteiger partial charge in [0.25, 0.3) is 5.91 Å². The van der Waals surface area contributed by atoms with Crippen LogP contribution in [-0.2, 0) is 4.79 Å². The Morgan fingerprint density at radius 2 is 1.91 bits per heavy atom. The number of anilines is 1. The topological polar surface area (TPSA) is 69.6 Å². The second kappa shape index (κ2) is 7.59. The van der Waals surface area contributed by atoms with Crippen LogP contribution in [0.25, 0.3) is 0 Å². The lowest BCUT2D eigenvalue weighted by Crippen LogP contribution is -2.28. The number of carbonyl (C=O) groups excluding carboxylic acids is 2. The predicted molar refractivity (Wildman–Crippen MR) is 90.4 cm³/mol. The van der Waals surface area contributed by atoms with Gasteiger partial charge in [-0.15, -0.1) is 0 Å². The molecule has 2 N–H and O–H groups in total. The van der Waals surface area contributed by atoms with Crippen LogP contribution >= 0.6 is 0 Å². The van der Waals surface area contributed by atoms with E-state index in [4.69, 9.17) is 0 Å². The van der Waals surface area contributed by atoms with Gasteiger partial charge in [-0.2, -0.15) is 0 Å². The van der Waals surface area contributed by atoms with Crippen LogP contribution in [0.1, 0.15) is 49.0 Å². The van der Waals surface area contributed by atoms with Crippen molar-refractivity contribution in [1.82, 2.24) is 4.90 Å². The molecule has 2 rings (SSSR count). The van der Waals surface area contributed by atoms with Crippen molar-refractivity contribution in [3.05, 3.63) is 29.3 Å². The zero-order chi connectivity index (χ0) is 17.0. The number of hydrogen-bond donors (Lipinski definition) is 2. The van der Waals surface area contributed by atoms with Crippen molar-refractivity contribution in [2.45, 2.75) is 46.1 Å². The summed E-state index contributed by atoms with van der Waals surface area (Å²) in [6.45, 7) is 7.19. The number of benzene rings is 1. The standard InChI is InChI=1S/C18H26N2O3/c1-12(2)16(21)11-17(22)19-15-8-6-7-14(13(15)3)18(23)20-9-4-5-10-20/h6-8,12,16,21H,4-5,9-11H2,1-3H3,(H,19,22). The number of nitrogens with one attached hydrogen (secondary N) is 1. The molecule has 0 radical (unpaired) electrons. The molecule has 1 aromatic carbocycles.